The predicted octanol–water partition coefficient (Wildman–Crippen LogP) is 8.64. The van der Waals surface area contributed by atoms with Gasteiger partial charge in [0.2, 0.25) is 0 Å². The lowest BCUT2D eigenvalue weighted by atomic mass is 9.33. The number of allylic oxidation sites excluding steroid dienone is 1. The molecule has 6 aliphatic carbocycles. The smallest absolute Gasteiger partial charge is 0.415 e. The number of cyclic esters (lactones) is 1. The van der Waals surface area contributed by atoms with Gasteiger partial charge >= 0.3 is 18.0 Å². The van der Waals surface area contributed by atoms with Gasteiger partial charge in [-0.3, -0.25) is 24.2 Å². The molecule has 7 aliphatic rings. The molecule has 10 heteroatoms. The first-order chi connectivity index (χ1) is 26.3. The first-order valence-electron chi connectivity index (χ1n) is 22.5. The van der Waals surface area contributed by atoms with Crippen molar-refractivity contribution in [3.63, 3.8) is 0 Å². The molecule has 10 nitrogen and oxygen atoms in total. The number of carboxylic acids is 1. The number of aliphatic carboxylic acids is 1. The number of carboxylic acid groups (broad SMARTS) is 1. The largest absolute Gasteiger partial charge is 0.481 e. The molecule has 0 aromatic heterocycles. The van der Waals surface area contributed by atoms with Crippen LogP contribution in [0.3, 0.4) is 0 Å². The van der Waals surface area contributed by atoms with Crippen molar-refractivity contribution in [1.29, 1.82) is 0 Å². The van der Waals surface area contributed by atoms with Crippen molar-refractivity contribution in [2.75, 3.05) is 26.2 Å². The Balaban J connectivity index is 1.14. The Kier molecular flexibility index (Phi) is 10.5. The Labute approximate surface area is 342 Å². The van der Waals surface area contributed by atoms with Crippen LogP contribution in [-0.4, -0.2) is 87.9 Å². The number of hydrogen-bond acceptors (Lipinski definition) is 8. The average molecular weight is 795 g/mol. The van der Waals surface area contributed by atoms with Crippen LogP contribution in [0.25, 0.3) is 0 Å². The van der Waals surface area contributed by atoms with E-state index < -0.39 is 34.6 Å². The van der Waals surface area contributed by atoms with Gasteiger partial charge in [-0.2, -0.15) is 0 Å². The number of carbonyl (C=O) groups is 4. The molecule has 0 spiro atoms. The molecular weight excluding hydrogens is 721 g/mol. The van der Waals surface area contributed by atoms with E-state index in [4.69, 9.17) is 9.47 Å². The number of esters is 1. The van der Waals surface area contributed by atoms with E-state index in [9.17, 15) is 29.4 Å². The highest BCUT2D eigenvalue weighted by Gasteiger charge is 2.71. The number of amides is 1. The Bertz CT molecular complexity index is 1690. The molecule has 2 N–H and O–H groups in total. The van der Waals surface area contributed by atoms with Crippen LogP contribution in [0.5, 0.6) is 0 Å². The number of carbonyl (C=O) groups excluding carboxylic acids is 3. The number of fused-ring (bicyclic) bond motifs is 7. The van der Waals surface area contributed by atoms with Gasteiger partial charge in [-0.15, -0.1) is 0 Å². The van der Waals surface area contributed by atoms with Gasteiger partial charge in [0.15, 0.2) is 11.5 Å². The minimum atomic E-state index is -1.17. The summed E-state index contributed by atoms with van der Waals surface area (Å²) >= 11 is 0. The van der Waals surface area contributed by atoms with Crippen LogP contribution in [0.15, 0.2) is 11.1 Å². The van der Waals surface area contributed by atoms with E-state index in [0.29, 0.717) is 43.8 Å². The lowest BCUT2D eigenvalue weighted by Crippen LogP contribution is -2.66. The second-order valence-corrected chi connectivity index (χ2v) is 22.7. The van der Waals surface area contributed by atoms with Gasteiger partial charge in [-0.05, 0) is 143 Å². The number of nitrogens with zero attached hydrogens (tertiary/aromatic N) is 2. The molecule has 320 valence electrons. The summed E-state index contributed by atoms with van der Waals surface area (Å²) in [5.74, 6) is 0.563. The Morgan fingerprint density at radius 1 is 0.912 bits per heavy atom. The fourth-order valence-corrected chi connectivity index (χ4v) is 14.4. The summed E-state index contributed by atoms with van der Waals surface area (Å²) < 4.78 is 11.6. The summed E-state index contributed by atoms with van der Waals surface area (Å²) in [6.45, 7) is 26.1. The summed E-state index contributed by atoms with van der Waals surface area (Å²) in [7, 11) is 0. The lowest BCUT2D eigenvalue weighted by Gasteiger charge is -2.72. The third kappa shape index (κ3) is 6.71. The molecule has 1 aliphatic heterocycles. The summed E-state index contributed by atoms with van der Waals surface area (Å²) in [5, 5.41) is 22.3. The highest BCUT2D eigenvalue weighted by Crippen LogP contribution is 2.77. The number of rotatable bonds is 13. The van der Waals surface area contributed by atoms with Crippen LogP contribution >= 0.6 is 0 Å². The number of ether oxygens (including phenoxy) is 2. The number of aliphatic hydroxyl groups excluding tert-OH is 1. The van der Waals surface area contributed by atoms with Crippen molar-refractivity contribution in [3.8, 4) is 0 Å². The van der Waals surface area contributed by atoms with E-state index >= 15 is 0 Å². The lowest BCUT2D eigenvalue weighted by molar-refractivity contribution is -0.235. The summed E-state index contributed by atoms with van der Waals surface area (Å²) in [4.78, 5) is 55.7. The maximum atomic E-state index is 14.3. The third-order valence-corrected chi connectivity index (χ3v) is 18.0. The van der Waals surface area contributed by atoms with Crippen LogP contribution in [0, 0.1) is 62.1 Å². The molecule has 0 radical (unpaired) electrons. The summed E-state index contributed by atoms with van der Waals surface area (Å²) in [5.41, 5.74) is -0.307. The van der Waals surface area contributed by atoms with Gasteiger partial charge in [0.25, 0.3) is 0 Å². The van der Waals surface area contributed by atoms with E-state index in [1.807, 2.05) is 13.8 Å². The van der Waals surface area contributed by atoms with E-state index in [2.05, 4.69) is 53.4 Å². The Morgan fingerprint density at radius 2 is 1.60 bits per heavy atom. The van der Waals surface area contributed by atoms with Crippen molar-refractivity contribution in [1.82, 2.24) is 9.80 Å². The minimum Gasteiger partial charge on any atom is -0.481 e. The molecular formula is C47H74N2O8. The zero-order chi connectivity index (χ0) is 41.9. The minimum absolute atomic E-state index is 0.0285. The highest BCUT2D eigenvalue weighted by molar-refractivity contribution is 6.00. The average Bonchev–Trinajstić information content (AvgIpc) is 3.84. The summed E-state index contributed by atoms with van der Waals surface area (Å²) in [6.07, 6.45) is 9.13. The molecule has 1 amide bonds. The van der Waals surface area contributed by atoms with E-state index in [-0.39, 0.29) is 57.9 Å². The second-order valence-electron chi connectivity index (χ2n) is 22.7. The number of hydrogen-bond donors (Lipinski definition) is 2. The molecule has 4 unspecified atom stereocenters. The maximum absolute atomic E-state index is 14.3. The zero-order valence-corrected chi connectivity index (χ0v) is 37.1. The van der Waals surface area contributed by atoms with Crippen molar-refractivity contribution < 1.29 is 38.9 Å². The first kappa shape index (κ1) is 42.7. The maximum Gasteiger partial charge on any atom is 0.415 e. The van der Waals surface area contributed by atoms with E-state index in [1.165, 1.54) is 18.4 Å². The van der Waals surface area contributed by atoms with Gasteiger partial charge in [-0.1, -0.05) is 54.0 Å². The first-order valence-corrected chi connectivity index (χ1v) is 22.5. The zero-order valence-electron chi connectivity index (χ0n) is 37.1. The topological polar surface area (TPSA) is 134 Å². The standard InChI is InChI=1S/C47H74N2O8/c1-28(2)37-31(50)24-47(34(51)27-48(26-29-12-13-29)22-23-49-40(55)57-43(49,7)8)21-20-45(10)30(38(37)47)14-15-33-44(9)18-17-35(56-36(52)25-41(3,4)39(53)54)42(5,6)32(44)16-19-46(33,45)11/h28-30,32-35,51H,12-27H2,1-11H3,(H,53,54)/t30-,32?,33?,34?,35+,44+,45-,46-,47?/m1/s1. The van der Waals surface area contributed by atoms with Crippen LogP contribution in [0.4, 0.5) is 4.79 Å². The molecule has 5 saturated carbocycles. The molecule has 57 heavy (non-hydrogen) atoms. The van der Waals surface area contributed by atoms with Gasteiger partial charge in [-0.25, -0.2) is 4.79 Å². The van der Waals surface area contributed by atoms with Crippen molar-refractivity contribution in [2.24, 2.45) is 62.1 Å². The normalized spacial score (nSPS) is 38.8. The number of aliphatic hydroxyl groups is 1. The summed E-state index contributed by atoms with van der Waals surface area (Å²) in [6, 6.07) is 0. The van der Waals surface area contributed by atoms with Gasteiger partial charge in [0.05, 0.1) is 17.9 Å². The van der Waals surface area contributed by atoms with Gasteiger partial charge < -0.3 is 19.7 Å². The number of Topliss-reactive ketones (excluding diaryl/α,β-unsaturated/α-hetero) is 1. The Hall–Kier alpha value is -2.46. The highest BCUT2D eigenvalue weighted by atomic mass is 16.6. The van der Waals surface area contributed by atoms with E-state index in [0.717, 1.165) is 63.5 Å². The van der Waals surface area contributed by atoms with Gasteiger partial charge in [0, 0.05) is 43.4 Å². The third-order valence-electron chi connectivity index (χ3n) is 18.0. The van der Waals surface area contributed by atoms with Crippen molar-refractivity contribution in [3.05, 3.63) is 11.1 Å². The fraction of sp³-hybridized carbons (Fsp3) is 0.872. The molecule has 1 heterocycles. The molecule has 7 rings (SSSR count). The van der Waals surface area contributed by atoms with Crippen molar-refractivity contribution in [2.45, 2.75) is 171 Å². The molecule has 9 atom stereocenters. The molecule has 6 fully saturated rings. The molecule has 0 bridgehead atoms. The Morgan fingerprint density at radius 3 is 2.19 bits per heavy atom. The molecule has 1 saturated heterocycles. The number of ketones is 1. The monoisotopic (exact) mass is 795 g/mol. The van der Waals surface area contributed by atoms with Crippen LogP contribution < -0.4 is 0 Å². The van der Waals surface area contributed by atoms with Crippen LogP contribution in [0.1, 0.15) is 153 Å². The quantitative estimate of drug-likeness (QED) is 0.176. The second kappa shape index (κ2) is 14.1. The molecule has 0 aromatic carbocycles. The fourth-order valence-electron chi connectivity index (χ4n) is 14.4. The van der Waals surface area contributed by atoms with Gasteiger partial charge in [0.1, 0.15) is 6.10 Å². The predicted molar refractivity (Wildman–Crippen MR) is 218 cm³/mol. The molecule has 0 aromatic rings. The van der Waals surface area contributed by atoms with Crippen LogP contribution in [0.2, 0.25) is 0 Å². The van der Waals surface area contributed by atoms with Crippen LogP contribution in [-0.2, 0) is 23.9 Å². The van der Waals surface area contributed by atoms with E-state index in [1.54, 1.807) is 18.7 Å². The van der Waals surface area contributed by atoms with Crippen molar-refractivity contribution >= 4 is 23.8 Å². The SMILES string of the molecule is CC(C)C1=C2[C@H]3CCC4[C@@]5(C)CC[C@H](OC(=O)CC(C)(C)C(=O)O)C(C)(C)C5CC[C@@]4(C)[C@]3(C)CCC2(C(O)CN(CCN2C(=O)OC2(C)C)CC2CC2)CC1=O.